The van der Waals surface area contributed by atoms with E-state index >= 15 is 0 Å². The van der Waals surface area contributed by atoms with Gasteiger partial charge in [-0.25, -0.2) is 9.18 Å². The second kappa shape index (κ2) is 10.7. The summed E-state index contributed by atoms with van der Waals surface area (Å²) in [7, 11) is 0. The van der Waals surface area contributed by atoms with Crippen LogP contribution in [0.3, 0.4) is 0 Å². The van der Waals surface area contributed by atoms with Crippen LogP contribution in [0.15, 0.2) is 39.9 Å². The number of nitrogen functional groups attached to an aromatic ring is 1. The summed E-state index contributed by atoms with van der Waals surface area (Å²) < 4.78 is 14.5. The van der Waals surface area contributed by atoms with Crippen LogP contribution in [0.25, 0.3) is 5.57 Å². The van der Waals surface area contributed by atoms with Crippen molar-refractivity contribution < 1.29 is 9.18 Å². The van der Waals surface area contributed by atoms with E-state index in [4.69, 9.17) is 5.73 Å². The number of nitrogens with one attached hydrogen (secondary N) is 1. The van der Waals surface area contributed by atoms with Gasteiger partial charge in [0.2, 0.25) is 0 Å². The minimum Gasteiger partial charge on any atom is -0.383 e. The van der Waals surface area contributed by atoms with E-state index in [1.807, 2.05) is 20.8 Å². The standard InChI is InChI=1S/C23H31FN4O3/c1-5-6-12-28-21(25)20(22(30)26-23(28)31)27(13-11-15(2)3)19(29)14-16(4)17-7-9-18(24)10-8-17/h7-10,14-15H,5-6,11-13,25H2,1-4H3,(H,26,30,31)/b16-14-. The lowest BCUT2D eigenvalue weighted by Crippen LogP contribution is -2.41. The lowest BCUT2D eigenvalue weighted by Gasteiger charge is -2.24. The Kier molecular flexibility index (Phi) is 8.36. The van der Waals surface area contributed by atoms with Crippen molar-refractivity contribution in [2.75, 3.05) is 17.2 Å². The number of H-pyrrole nitrogens is 1. The van der Waals surface area contributed by atoms with Crippen LogP contribution in [0.5, 0.6) is 0 Å². The molecule has 8 heteroatoms. The predicted molar refractivity (Wildman–Crippen MR) is 123 cm³/mol. The van der Waals surface area contributed by atoms with Gasteiger partial charge in [-0.15, -0.1) is 0 Å². The van der Waals surface area contributed by atoms with Crippen molar-refractivity contribution in [3.05, 3.63) is 62.6 Å². The molecule has 0 saturated heterocycles. The summed E-state index contributed by atoms with van der Waals surface area (Å²) in [6.45, 7) is 8.36. The van der Waals surface area contributed by atoms with E-state index in [2.05, 4.69) is 4.98 Å². The third-order valence-corrected chi connectivity index (χ3v) is 5.05. The first-order valence-corrected chi connectivity index (χ1v) is 10.5. The zero-order valence-corrected chi connectivity index (χ0v) is 18.6. The summed E-state index contributed by atoms with van der Waals surface area (Å²) in [6.07, 6.45) is 3.59. The lowest BCUT2D eigenvalue weighted by atomic mass is 10.1. The van der Waals surface area contributed by atoms with E-state index in [-0.39, 0.29) is 29.8 Å². The van der Waals surface area contributed by atoms with Gasteiger partial charge in [-0.3, -0.25) is 19.1 Å². The largest absolute Gasteiger partial charge is 0.383 e. The van der Waals surface area contributed by atoms with E-state index in [1.165, 1.54) is 27.7 Å². The molecule has 0 aliphatic rings. The molecule has 1 aromatic heterocycles. The van der Waals surface area contributed by atoms with Crippen molar-refractivity contribution in [2.24, 2.45) is 5.92 Å². The van der Waals surface area contributed by atoms with Crippen LogP contribution in [-0.4, -0.2) is 22.0 Å². The van der Waals surface area contributed by atoms with Gasteiger partial charge in [0.05, 0.1) is 0 Å². The summed E-state index contributed by atoms with van der Waals surface area (Å²) in [4.78, 5) is 41.7. The Morgan fingerprint density at radius 1 is 1.26 bits per heavy atom. The SMILES string of the molecule is CCCCn1c(N)c(N(CCC(C)C)C(=O)/C=C(/C)c2ccc(F)cc2)c(=O)[nH]c1=O. The van der Waals surface area contributed by atoms with Crippen molar-refractivity contribution in [3.63, 3.8) is 0 Å². The number of hydrogen-bond donors (Lipinski definition) is 2. The molecule has 0 aliphatic carbocycles. The minimum absolute atomic E-state index is 0.0212. The molecule has 0 radical (unpaired) electrons. The molecule has 1 aromatic carbocycles. The number of aromatic nitrogens is 2. The maximum Gasteiger partial charge on any atom is 0.330 e. The second-order valence-corrected chi connectivity index (χ2v) is 8.00. The third kappa shape index (κ3) is 6.16. The first-order chi connectivity index (χ1) is 14.6. The normalized spacial score (nSPS) is 11.7. The zero-order chi connectivity index (χ0) is 23.1. The fourth-order valence-corrected chi connectivity index (χ4v) is 3.16. The molecular formula is C23H31FN4O3. The average Bonchev–Trinajstić information content (AvgIpc) is 2.70. The zero-order valence-electron chi connectivity index (χ0n) is 18.6. The van der Waals surface area contributed by atoms with Crippen molar-refractivity contribution in [1.82, 2.24) is 9.55 Å². The van der Waals surface area contributed by atoms with Crippen LogP contribution in [0, 0.1) is 11.7 Å². The molecule has 2 aromatic rings. The number of unbranched alkanes of at least 4 members (excludes halogenated alkanes) is 1. The van der Waals surface area contributed by atoms with Crippen LogP contribution in [-0.2, 0) is 11.3 Å². The Balaban J connectivity index is 2.52. The van der Waals surface area contributed by atoms with E-state index in [0.717, 1.165) is 6.42 Å². The quantitative estimate of drug-likeness (QED) is 0.594. The van der Waals surface area contributed by atoms with Crippen molar-refractivity contribution in [3.8, 4) is 0 Å². The Morgan fingerprint density at radius 3 is 2.48 bits per heavy atom. The van der Waals surface area contributed by atoms with Crippen LogP contribution < -0.4 is 21.9 Å². The number of nitrogens with two attached hydrogens (primary N) is 1. The monoisotopic (exact) mass is 430 g/mol. The number of hydrogen-bond acceptors (Lipinski definition) is 4. The molecule has 168 valence electrons. The summed E-state index contributed by atoms with van der Waals surface area (Å²) in [5, 5.41) is 0. The summed E-state index contributed by atoms with van der Waals surface area (Å²) in [5.41, 5.74) is 6.22. The highest BCUT2D eigenvalue weighted by Crippen LogP contribution is 2.21. The molecule has 31 heavy (non-hydrogen) atoms. The molecule has 7 nitrogen and oxygen atoms in total. The maximum atomic E-state index is 13.2. The van der Waals surface area contributed by atoms with E-state index in [9.17, 15) is 18.8 Å². The van der Waals surface area contributed by atoms with Gasteiger partial charge in [0.1, 0.15) is 11.6 Å². The molecule has 0 unspecified atom stereocenters. The number of rotatable bonds is 9. The van der Waals surface area contributed by atoms with Gasteiger partial charge >= 0.3 is 5.69 Å². The summed E-state index contributed by atoms with van der Waals surface area (Å²) >= 11 is 0. The van der Waals surface area contributed by atoms with E-state index < -0.39 is 17.2 Å². The van der Waals surface area contributed by atoms with Gasteiger partial charge in [-0.1, -0.05) is 39.3 Å². The van der Waals surface area contributed by atoms with Crippen molar-refractivity contribution in [1.29, 1.82) is 0 Å². The number of nitrogens with zero attached hydrogens (tertiary/aromatic N) is 2. The molecular weight excluding hydrogens is 399 g/mol. The fourth-order valence-electron chi connectivity index (χ4n) is 3.16. The first kappa shape index (κ1) is 24.1. The number of aromatic amines is 1. The van der Waals surface area contributed by atoms with Crippen LogP contribution in [0.4, 0.5) is 15.9 Å². The van der Waals surface area contributed by atoms with Crippen molar-refractivity contribution >= 4 is 23.0 Å². The highest BCUT2D eigenvalue weighted by atomic mass is 19.1. The van der Waals surface area contributed by atoms with Crippen LogP contribution >= 0.6 is 0 Å². The molecule has 0 spiro atoms. The second-order valence-electron chi connectivity index (χ2n) is 8.00. The van der Waals surface area contributed by atoms with E-state index in [1.54, 1.807) is 19.1 Å². The number of amides is 1. The average molecular weight is 431 g/mol. The first-order valence-electron chi connectivity index (χ1n) is 10.5. The fraction of sp³-hybridized carbons (Fsp3) is 0.435. The number of benzene rings is 1. The van der Waals surface area contributed by atoms with Crippen LogP contribution in [0.2, 0.25) is 0 Å². The topological polar surface area (TPSA) is 101 Å². The van der Waals surface area contributed by atoms with Crippen LogP contribution in [0.1, 0.15) is 52.5 Å². The maximum absolute atomic E-state index is 13.2. The Hall–Kier alpha value is -3.16. The predicted octanol–water partition coefficient (Wildman–Crippen LogP) is 3.54. The smallest absolute Gasteiger partial charge is 0.330 e. The van der Waals surface area contributed by atoms with Gasteiger partial charge in [0, 0.05) is 19.2 Å². The Labute approximate surface area is 181 Å². The molecule has 1 amide bonds. The molecule has 3 N–H and O–H groups in total. The number of allylic oxidation sites excluding steroid dienone is 1. The van der Waals surface area contributed by atoms with Gasteiger partial charge in [-0.05, 0) is 49.0 Å². The van der Waals surface area contributed by atoms with Gasteiger partial charge in [0.25, 0.3) is 11.5 Å². The minimum atomic E-state index is -0.694. The highest BCUT2D eigenvalue weighted by Gasteiger charge is 2.23. The molecule has 1 heterocycles. The van der Waals surface area contributed by atoms with Gasteiger partial charge < -0.3 is 10.6 Å². The molecule has 0 bridgehead atoms. The number of carbonyl (C=O) groups excluding carboxylic acids is 1. The molecule has 0 saturated carbocycles. The molecule has 2 rings (SSSR count). The number of halogens is 1. The summed E-state index contributed by atoms with van der Waals surface area (Å²) in [6, 6.07) is 5.80. The Bertz CT molecular complexity index is 1050. The lowest BCUT2D eigenvalue weighted by molar-refractivity contribution is -0.114. The number of carbonyl (C=O) groups is 1. The third-order valence-electron chi connectivity index (χ3n) is 5.05. The number of anilines is 2. The van der Waals surface area contributed by atoms with Gasteiger partial charge in [-0.2, -0.15) is 0 Å². The van der Waals surface area contributed by atoms with E-state index in [0.29, 0.717) is 30.5 Å². The highest BCUT2D eigenvalue weighted by molar-refractivity contribution is 6.06. The molecule has 0 atom stereocenters. The molecule has 0 aliphatic heterocycles. The Morgan fingerprint density at radius 2 is 1.90 bits per heavy atom. The molecule has 0 fully saturated rings. The summed E-state index contributed by atoms with van der Waals surface area (Å²) in [5.74, 6) is -0.536. The van der Waals surface area contributed by atoms with Crippen molar-refractivity contribution in [2.45, 2.75) is 53.5 Å². The van der Waals surface area contributed by atoms with Gasteiger partial charge in [0.15, 0.2) is 5.69 Å².